The van der Waals surface area contributed by atoms with E-state index in [9.17, 15) is 59.4 Å². The Hall–Kier alpha value is -5.92. The Morgan fingerprint density at radius 2 is 0.988 bits per heavy atom. The Labute approximate surface area is 504 Å². The molecule has 23 nitrogen and oxygen atoms in total. The summed E-state index contributed by atoms with van der Waals surface area (Å²) in [6.45, 7) is 8.90. The molecule has 2 amide bonds. The Kier molecular flexibility index (Phi) is 17.5. The average molecular weight is 1240 g/mol. The number of halogens is 2. The largest absolute Gasteiger partial charge is 0.507 e. The molecule has 14 rings (SSSR count). The molecule has 8 saturated carbocycles. The van der Waals surface area contributed by atoms with E-state index in [1.165, 1.54) is 62.8 Å². The van der Waals surface area contributed by atoms with Crippen molar-refractivity contribution in [3.8, 4) is 23.0 Å². The monoisotopic (exact) mass is 1240 g/mol. The van der Waals surface area contributed by atoms with E-state index in [4.69, 9.17) is 72.1 Å². The Morgan fingerprint density at radius 1 is 0.616 bits per heavy atom. The zero-order valence-electron chi connectivity index (χ0n) is 48.8. The highest BCUT2D eigenvalue weighted by Crippen LogP contribution is 2.62. The van der Waals surface area contributed by atoms with E-state index in [0.29, 0.717) is 28.9 Å². The molecule has 86 heavy (non-hydrogen) atoms. The number of benzene rings is 2. The van der Waals surface area contributed by atoms with E-state index in [-0.39, 0.29) is 73.3 Å². The summed E-state index contributed by atoms with van der Waals surface area (Å²) in [6.07, 6.45) is 3.16. The highest BCUT2D eigenvalue weighted by molar-refractivity contribution is 6.64. The van der Waals surface area contributed by atoms with Crippen LogP contribution in [0.5, 0.6) is 23.0 Å². The number of nitrogens with one attached hydrogen (secondary N) is 1. The van der Waals surface area contributed by atoms with Crippen molar-refractivity contribution < 1.29 is 87.1 Å². The number of hydrogen-bond donors (Lipinski definition) is 9. The lowest BCUT2D eigenvalue weighted by molar-refractivity contribution is -0.291. The van der Waals surface area contributed by atoms with E-state index in [1.807, 2.05) is 0 Å². The summed E-state index contributed by atoms with van der Waals surface area (Å²) >= 11 is 11.2. The lowest BCUT2D eigenvalue weighted by atomic mass is 9.48. The topological polar surface area (TPSA) is 370 Å². The van der Waals surface area contributed by atoms with Gasteiger partial charge in [0, 0.05) is 40.2 Å². The van der Waals surface area contributed by atoms with Gasteiger partial charge in [-0.2, -0.15) is 0 Å². The number of aromatic hydroxyl groups is 2. The minimum atomic E-state index is -1.50. The van der Waals surface area contributed by atoms with Crippen LogP contribution in [-0.2, 0) is 35.0 Å². The predicted molar refractivity (Wildman–Crippen MR) is 309 cm³/mol. The lowest BCUT2D eigenvalue weighted by Gasteiger charge is -2.56. The number of aliphatic hydroxyl groups is 4. The first-order valence-corrected chi connectivity index (χ1v) is 30.1. The molecule has 2 aromatic heterocycles. The third-order valence-electron chi connectivity index (χ3n) is 20.1. The van der Waals surface area contributed by atoms with Crippen LogP contribution in [0.4, 0.5) is 15.3 Å². The van der Waals surface area contributed by atoms with Gasteiger partial charge in [-0.25, -0.2) is 19.2 Å². The number of fused-ring (bicyclic) bond motifs is 2. The van der Waals surface area contributed by atoms with Gasteiger partial charge in [-0.3, -0.25) is 14.4 Å². The van der Waals surface area contributed by atoms with Crippen LogP contribution >= 0.6 is 23.4 Å². The Bertz CT molecular complexity index is 3350. The number of aryl methyl sites for hydroxylation is 2. The van der Waals surface area contributed by atoms with Gasteiger partial charge in [0.2, 0.25) is 17.8 Å². The van der Waals surface area contributed by atoms with E-state index in [0.717, 1.165) is 56.3 Å². The summed E-state index contributed by atoms with van der Waals surface area (Å²) < 4.78 is 44.6. The highest BCUT2D eigenvalue weighted by Gasteiger charge is 2.57. The number of carbonyl (C=O) groups is 4. The van der Waals surface area contributed by atoms with Crippen molar-refractivity contribution in [2.75, 3.05) is 18.0 Å². The number of aliphatic hydroxyl groups excluding tert-OH is 4. The van der Waals surface area contributed by atoms with Gasteiger partial charge >= 0.3 is 23.4 Å². The van der Waals surface area contributed by atoms with Crippen molar-refractivity contribution in [3.63, 3.8) is 0 Å². The third-order valence-corrected chi connectivity index (χ3v) is 20.7. The van der Waals surface area contributed by atoms with Crippen LogP contribution in [0.25, 0.3) is 21.9 Å². The number of anilines is 1. The number of ether oxygens (including phenoxy) is 6. The Morgan fingerprint density at radius 3 is 1.35 bits per heavy atom. The van der Waals surface area contributed by atoms with Crippen LogP contribution in [0.15, 0.2) is 42.7 Å². The van der Waals surface area contributed by atoms with Crippen LogP contribution in [-0.4, -0.2) is 115 Å². The zero-order valence-corrected chi connectivity index (χ0v) is 50.3. The molecule has 0 radical (unpaired) electrons. The first-order chi connectivity index (χ1) is 40.5. The molecule has 8 aliphatic carbocycles. The molecule has 10 fully saturated rings. The quantitative estimate of drug-likeness (QED) is 0.0358. The normalized spacial score (nSPS) is 34.0. The highest BCUT2D eigenvalue weighted by atomic mass is 35.5. The minimum absolute atomic E-state index is 0.0141. The molecule has 2 saturated heterocycles. The molecule has 2 aliphatic heterocycles. The number of hydrogen-bond acceptors (Lipinski definition) is 21. The lowest BCUT2D eigenvalue weighted by Crippen LogP contribution is -2.62. The minimum Gasteiger partial charge on any atom is -0.507 e. The SMILES string of the molecule is Cc1c(O[C@@H]2OC(C)(C)[C@H](CO)[C@H](OC(N)=O)C2O)ccc2c(O)c(CC(=O)C34CC5CC(CC(C5)C3)C4)c(=O)oc12.Cc1c(O[C@@H]2OC(C)(C)[C@H](CO)[C@H](OC(N)=O)C2O)ccc2c(O)c(NCl)c(=O)oc12.O=C(Cl)C12CC3CC(CC(C3)C1)C2. The van der Waals surface area contributed by atoms with Crippen molar-refractivity contribution >= 4 is 74.2 Å². The number of rotatable bonds is 13. The maximum absolute atomic E-state index is 13.7. The number of nitrogens with two attached hydrogens (primary N) is 2. The first kappa shape index (κ1) is 63.1. The molecule has 10 aliphatic rings. The smallest absolute Gasteiger partial charge is 0.404 e. The molecule has 2 aromatic carbocycles. The Balaban J connectivity index is 0.000000162. The maximum Gasteiger partial charge on any atom is 0.404 e. The second kappa shape index (κ2) is 23.9. The van der Waals surface area contributed by atoms with Gasteiger partial charge in [-0.15, -0.1) is 0 Å². The van der Waals surface area contributed by atoms with Crippen molar-refractivity contribution in [2.45, 2.75) is 173 Å². The van der Waals surface area contributed by atoms with Crippen LogP contribution in [0.1, 0.15) is 121 Å². The molecule has 8 atom stereocenters. The number of primary amides is 2. The van der Waals surface area contributed by atoms with Gasteiger partial charge in [-0.05, 0) is 190 Å². The third kappa shape index (κ3) is 11.8. The van der Waals surface area contributed by atoms with Gasteiger partial charge in [0.15, 0.2) is 23.6 Å². The maximum atomic E-state index is 13.7. The van der Waals surface area contributed by atoms with E-state index in [1.54, 1.807) is 41.5 Å². The van der Waals surface area contributed by atoms with Gasteiger partial charge in [-0.1, -0.05) is 0 Å². The standard InChI is InChI=1S/C31H39NO10.C19H23ClN2O9.C11H15ClO/c1-14-21(39-28-24(36)26(41-29(32)38)20(13-33)30(2,3)42-28)5-4-18-23(35)19(27(37)40-25(14)18)9-22(34)31-10-15-6-16(11-31)8-17(7-15)12-31;1-7-10(5-4-8-12(24)11(22-20)16(26)29-14(7)8)28-17-13(25)15(30-18(21)27)9(6-23)19(2,3)31-17;12-10(13)11-4-7-1-8(5-11)3-9(2-7)6-11/h4-5,15-17,20,24,26,28,33,35-36H,6-13H2,1-3H3,(H2,32,38);4-5,9,13,15,17,22-25H,6H2,1-3H3,(H2,21,27);7-9H,1-6H2/t15?,16?,17?,20-,24?,26+,28-,31?;9-,13?,15+,17-;/m11./s1. The molecule has 11 N–H and O–H groups in total. The molecule has 2 unspecified atom stereocenters. The van der Waals surface area contributed by atoms with Gasteiger partial charge in [0.05, 0.1) is 52.6 Å². The summed E-state index contributed by atoms with van der Waals surface area (Å²) in [4.78, 5) is 75.2. The average Bonchev–Trinajstić information content (AvgIpc) is 0.916. The summed E-state index contributed by atoms with van der Waals surface area (Å²) in [6, 6.07) is 5.96. The van der Waals surface area contributed by atoms with Crippen molar-refractivity contribution in [1.82, 2.24) is 0 Å². The molecular weight excluding hydrogens is 1170 g/mol. The second-order valence-electron chi connectivity index (χ2n) is 26.6. The number of amides is 2. The van der Waals surface area contributed by atoms with Crippen LogP contribution in [0.2, 0.25) is 0 Å². The second-order valence-corrected chi connectivity index (χ2v) is 27.1. The number of ketones is 1. The fourth-order valence-corrected chi connectivity index (χ4v) is 17.0. The van der Waals surface area contributed by atoms with E-state index >= 15 is 0 Å². The van der Waals surface area contributed by atoms with E-state index < -0.39 is 108 Å². The van der Waals surface area contributed by atoms with Crippen molar-refractivity contribution in [1.29, 1.82) is 0 Å². The molecule has 4 aromatic rings. The fraction of sp³-hybridized carbons (Fsp3) is 0.639. The summed E-state index contributed by atoms with van der Waals surface area (Å²) in [7, 11) is 0. The summed E-state index contributed by atoms with van der Waals surface area (Å²) in [5, 5.41) is 63.1. The molecular formula is C61H77Cl2N3O20. The van der Waals surface area contributed by atoms with Gasteiger partial charge in [0.25, 0.3) is 0 Å². The zero-order chi connectivity index (χ0) is 62.3. The van der Waals surface area contributed by atoms with Crippen LogP contribution in [0, 0.1) is 72.0 Å². The van der Waals surface area contributed by atoms with Crippen LogP contribution < -0.4 is 37.0 Å². The first-order valence-electron chi connectivity index (χ1n) is 29.4. The molecule has 0 spiro atoms. The fourth-order valence-electron chi connectivity index (χ4n) is 16.6. The predicted octanol–water partition coefficient (Wildman–Crippen LogP) is 7.37. The van der Waals surface area contributed by atoms with Crippen molar-refractivity contribution in [3.05, 3.63) is 61.8 Å². The molecule has 4 heterocycles. The summed E-state index contributed by atoms with van der Waals surface area (Å²) in [5.41, 5.74) is 6.47. The molecule has 470 valence electrons. The number of carbonyl (C=O) groups excluding carboxylic acids is 4. The van der Waals surface area contributed by atoms with Crippen molar-refractivity contribution in [2.24, 2.45) is 69.6 Å². The number of Topliss-reactive ketones (excluding diaryl/α,β-unsaturated/α-hetero) is 1. The van der Waals surface area contributed by atoms with Gasteiger partial charge < -0.3 is 79.4 Å². The summed E-state index contributed by atoms with van der Waals surface area (Å²) in [5.74, 6) is 2.33. The van der Waals surface area contributed by atoms with Crippen LogP contribution in [0.3, 0.4) is 0 Å². The van der Waals surface area contributed by atoms with E-state index in [2.05, 4.69) is 4.84 Å². The molecule has 8 bridgehead atoms. The van der Waals surface area contributed by atoms with Gasteiger partial charge in [0.1, 0.15) is 46.4 Å². The molecule has 25 heteroatoms.